The van der Waals surface area contributed by atoms with Gasteiger partial charge in [0.25, 0.3) is 0 Å². The van der Waals surface area contributed by atoms with Gasteiger partial charge in [0.1, 0.15) is 0 Å². The molecule has 1 aromatic rings. The Hall–Kier alpha value is -2.29. The fourth-order valence-corrected chi connectivity index (χ4v) is 1.59. The molecule has 0 aromatic carbocycles. The topological polar surface area (TPSA) is 92.2 Å². The van der Waals surface area contributed by atoms with Crippen LogP contribution >= 0.6 is 0 Å². The molecule has 0 aliphatic rings. The number of hydrogen-bond donors (Lipinski definition) is 1. The number of nitrogens with two attached hydrogens (primary N) is 1. The van der Waals surface area contributed by atoms with Crippen molar-refractivity contribution in [1.82, 2.24) is 4.98 Å². The second-order valence-electron chi connectivity index (χ2n) is 4.00. The molecule has 1 heterocycles. The number of nitriles is 1. The molecule has 0 fully saturated rings. The molecule has 18 heavy (non-hydrogen) atoms. The minimum atomic E-state index is -0.502. The molecule has 0 amide bonds. The number of aromatic nitrogens is 1. The summed E-state index contributed by atoms with van der Waals surface area (Å²) >= 11 is 0. The van der Waals surface area contributed by atoms with Crippen LogP contribution in [0.4, 0.5) is 11.5 Å². The number of anilines is 2. The van der Waals surface area contributed by atoms with Crippen LogP contribution in [0.1, 0.15) is 17.3 Å². The number of methoxy groups -OCH3 is 1. The molecular formula is C12H16N4O2. The van der Waals surface area contributed by atoms with E-state index in [1.807, 2.05) is 0 Å². The number of ether oxygens (including phenoxy) is 1. The summed E-state index contributed by atoms with van der Waals surface area (Å²) in [5.74, 6) is -0.184. The van der Waals surface area contributed by atoms with Gasteiger partial charge < -0.3 is 15.4 Å². The van der Waals surface area contributed by atoms with E-state index in [4.69, 9.17) is 11.0 Å². The summed E-state index contributed by atoms with van der Waals surface area (Å²) in [6, 6.07) is 3.64. The monoisotopic (exact) mass is 248 g/mol. The molecule has 1 unspecified atom stereocenters. The van der Waals surface area contributed by atoms with Gasteiger partial charge in [-0.2, -0.15) is 5.26 Å². The van der Waals surface area contributed by atoms with Crippen molar-refractivity contribution in [1.29, 1.82) is 5.26 Å². The van der Waals surface area contributed by atoms with E-state index in [-0.39, 0.29) is 17.2 Å². The predicted molar refractivity (Wildman–Crippen MR) is 68.0 cm³/mol. The first-order chi connectivity index (χ1) is 8.51. The molecule has 0 radical (unpaired) electrons. The fourth-order valence-electron chi connectivity index (χ4n) is 1.59. The van der Waals surface area contributed by atoms with Gasteiger partial charge in [0.15, 0.2) is 5.82 Å². The van der Waals surface area contributed by atoms with Gasteiger partial charge in [-0.3, -0.25) is 0 Å². The molecule has 0 saturated heterocycles. The van der Waals surface area contributed by atoms with E-state index in [2.05, 4.69) is 15.8 Å². The van der Waals surface area contributed by atoms with Gasteiger partial charge in [-0.15, -0.1) is 0 Å². The molecule has 96 valence electrons. The highest BCUT2D eigenvalue weighted by atomic mass is 16.5. The first kappa shape index (κ1) is 13.8. The smallest absolute Gasteiger partial charge is 0.340 e. The van der Waals surface area contributed by atoms with Crippen molar-refractivity contribution in [2.24, 2.45) is 5.92 Å². The van der Waals surface area contributed by atoms with Gasteiger partial charge in [0.2, 0.25) is 0 Å². The van der Waals surface area contributed by atoms with Gasteiger partial charge in [-0.1, -0.05) is 0 Å². The highest BCUT2D eigenvalue weighted by molar-refractivity contribution is 5.97. The lowest BCUT2D eigenvalue weighted by Gasteiger charge is -2.21. The lowest BCUT2D eigenvalue weighted by atomic mass is 10.1. The molecule has 0 aliphatic heterocycles. The van der Waals surface area contributed by atoms with E-state index in [0.717, 1.165) is 0 Å². The zero-order chi connectivity index (χ0) is 13.7. The number of nitrogen functional groups attached to an aromatic ring is 1. The minimum absolute atomic E-state index is 0.155. The molecule has 2 N–H and O–H groups in total. The highest BCUT2D eigenvalue weighted by Gasteiger charge is 2.17. The lowest BCUT2D eigenvalue weighted by Crippen LogP contribution is -2.25. The van der Waals surface area contributed by atoms with Crippen molar-refractivity contribution in [3.63, 3.8) is 0 Å². The van der Waals surface area contributed by atoms with E-state index in [1.54, 1.807) is 18.9 Å². The van der Waals surface area contributed by atoms with Crippen molar-refractivity contribution >= 4 is 17.5 Å². The summed E-state index contributed by atoms with van der Waals surface area (Å²) in [4.78, 5) is 17.4. The predicted octanol–water partition coefficient (Wildman–Crippen LogP) is 1.05. The van der Waals surface area contributed by atoms with Gasteiger partial charge in [-0.05, 0) is 13.0 Å². The maximum atomic E-state index is 11.5. The first-order valence-corrected chi connectivity index (χ1v) is 5.44. The third-order valence-corrected chi connectivity index (χ3v) is 2.50. The van der Waals surface area contributed by atoms with E-state index in [9.17, 15) is 4.79 Å². The summed E-state index contributed by atoms with van der Waals surface area (Å²) in [6.07, 6.45) is 1.49. The van der Waals surface area contributed by atoms with Gasteiger partial charge in [0, 0.05) is 19.8 Å². The molecule has 1 aromatic heterocycles. The van der Waals surface area contributed by atoms with E-state index in [0.29, 0.717) is 12.4 Å². The van der Waals surface area contributed by atoms with E-state index >= 15 is 0 Å². The van der Waals surface area contributed by atoms with Crippen molar-refractivity contribution in [2.45, 2.75) is 6.92 Å². The average Bonchev–Trinajstić information content (AvgIpc) is 2.37. The van der Waals surface area contributed by atoms with Gasteiger partial charge >= 0.3 is 5.97 Å². The van der Waals surface area contributed by atoms with Crippen LogP contribution in [0.2, 0.25) is 0 Å². The Morgan fingerprint density at radius 1 is 1.72 bits per heavy atom. The van der Waals surface area contributed by atoms with Crippen LogP contribution in [0.25, 0.3) is 0 Å². The second kappa shape index (κ2) is 5.87. The number of esters is 1. The van der Waals surface area contributed by atoms with Crippen molar-refractivity contribution in [3.05, 3.63) is 17.8 Å². The fraction of sp³-hybridized carbons (Fsp3) is 0.417. The van der Waals surface area contributed by atoms with Crippen LogP contribution in [0.5, 0.6) is 0 Å². The standard InChI is InChI=1S/C12H16N4O2/c1-8(6-13)7-16(2)11-10(14)9(4-5-15-11)12(17)18-3/h4-5,8H,7,14H2,1-3H3. The number of nitrogens with zero attached hydrogens (tertiary/aromatic N) is 3. The van der Waals surface area contributed by atoms with Crippen LogP contribution in [0.3, 0.4) is 0 Å². The Morgan fingerprint density at radius 3 is 2.94 bits per heavy atom. The number of rotatable bonds is 4. The number of carbonyl (C=O) groups excluding carboxylic acids is 1. The molecule has 6 heteroatoms. The van der Waals surface area contributed by atoms with Crippen molar-refractivity contribution in [3.8, 4) is 6.07 Å². The number of carbonyl (C=O) groups is 1. The zero-order valence-corrected chi connectivity index (χ0v) is 10.7. The summed E-state index contributed by atoms with van der Waals surface area (Å²) in [6.45, 7) is 2.29. The van der Waals surface area contributed by atoms with Crippen LogP contribution in [0.15, 0.2) is 12.3 Å². The molecular weight excluding hydrogens is 232 g/mol. The Morgan fingerprint density at radius 2 is 2.39 bits per heavy atom. The average molecular weight is 248 g/mol. The van der Waals surface area contributed by atoms with Crippen LogP contribution in [-0.2, 0) is 4.74 Å². The molecule has 0 spiro atoms. The maximum absolute atomic E-state index is 11.5. The molecule has 0 aliphatic carbocycles. The van der Waals surface area contributed by atoms with E-state index in [1.165, 1.54) is 19.4 Å². The summed E-state index contributed by atoms with van der Waals surface area (Å²) < 4.78 is 4.64. The zero-order valence-electron chi connectivity index (χ0n) is 10.7. The summed E-state index contributed by atoms with van der Waals surface area (Å²) in [5.41, 5.74) is 6.43. The normalized spacial score (nSPS) is 11.4. The molecule has 1 atom stereocenters. The number of hydrogen-bond acceptors (Lipinski definition) is 6. The van der Waals surface area contributed by atoms with Crippen molar-refractivity contribution < 1.29 is 9.53 Å². The summed E-state index contributed by atoms with van der Waals surface area (Å²) in [7, 11) is 3.07. The Kier molecular flexibility index (Phi) is 4.49. The molecule has 0 saturated carbocycles. The lowest BCUT2D eigenvalue weighted by molar-refractivity contribution is 0.0602. The van der Waals surface area contributed by atoms with E-state index < -0.39 is 5.97 Å². The first-order valence-electron chi connectivity index (χ1n) is 5.44. The quantitative estimate of drug-likeness (QED) is 0.800. The Bertz CT molecular complexity index is 481. The second-order valence-corrected chi connectivity index (χ2v) is 4.00. The summed E-state index contributed by atoms with van der Waals surface area (Å²) in [5, 5.41) is 8.78. The van der Waals surface area contributed by atoms with Crippen LogP contribution < -0.4 is 10.6 Å². The molecule has 1 rings (SSSR count). The minimum Gasteiger partial charge on any atom is -0.465 e. The van der Waals surface area contributed by atoms with Gasteiger partial charge in [-0.25, -0.2) is 9.78 Å². The highest BCUT2D eigenvalue weighted by Crippen LogP contribution is 2.24. The number of pyridine rings is 1. The molecule has 0 bridgehead atoms. The van der Waals surface area contributed by atoms with Crippen LogP contribution in [-0.4, -0.2) is 31.7 Å². The third kappa shape index (κ3) is 2.88. The van der Waals surface area contributed by atoms with Gasteiger partial charge in [0.05, 0.1) is 30.3 Å². The Balaban J connectivity index is 3.04. The maximum Gasteiger partial charge on any atom is 0.340 e. The third-order valence-electron chi connectivity index (χ3n) is 2.50. The largest absolute Gasteiger partial charge is 0.465 e. The van der Waals surface area contributed by atoms with Crippen molar-refractivity contribution in [2.75, 3.05) is 31.3 Å². The Labute approximate surface area is 106 Å². The molecule has 6 nitrogen and oxygen atoms in total. The van der Waals surface area contributed by atoms with Crippen LogP contribution in [0, 0.1) is 17.2 Å². The SMILES string of the molecule is COC(=O)c1ccnc(N(C)CC(C)C#N)c1N.